The summed E-state index contributed by atoms with van der Waals surface area (Å²) >= 11 is 3.29. The van der Waals surface area contributed by atoms with Gasteiger partial charge in [0.2, 0.25) is 0 Å². The van der Waals surface area contributed by atoms with Gasteiger partial charge in [0.1, 0.15) is 13.1 Å². The molecule has 1 amide bonds. The number of rotatable bonds is 3. The van der Waals surface area contributed by atoms with E-state index in [0.717, 1.165) is 0 Å². The fraction of sp³-hybridized carbons (Fsp3) is 0.167. The highest BCUT2D eigenvalue weighted by Gasteiger charge is 2.29. The molecule has 2 rings (SSSR count). The number of carbonyl (C=O) groups excluding carboxylic acids is 2. The lowest BCUT2D eigenvalue weighted by atomic mass is 10.1. The molecule has 0 atom stereocenters. The lowest BCUT2D eigenvalue weighted by molar-refractivity contribution is -0.112. The topological polar surface area (TPSA) is 97.0 Å². The first-order valence-electron chi connectivity index (χ1n) is 5.26. The molecule has 94 valence electrons. The molecular weight excluding hydrogens is 312 g/mol. The molecule has 0 radical (unpaired) electrons. The molecule has 0 aliphatic carbocycles. The van der Waals surface area contributed by atoms with Crippen LogP contribution in [0.15, 0.2) is 16.6 Å². The van der Waals surface area contributed by atoms with Gasteiger partial charge in [-0.15, -0.1) is 0 Å². The van der Waals surface area contributed by atoms with Crippen molar-refractivity contribution in [3.8, 4) is 12.1 Å². The van der Waals surface area contributed by atoms with Crippen LogP contribution in [0.5, 0.6) is 0 Å². The van der Waals surface area contributed by atoms with Gasteiger partial charge in [-0.2, -0.15) is 10.5 Å². The quantitative estimate of drug-likeness (QED) is 0.671. The summed E-state index contributed by atoms with van der Waals surface area (Å²) in [4.78, 5) is 24.4. The van der Waals surface area contributed by atoms with E-state index < -0.39 is 11.7 Å². The van der Waals surface area contributed by atoms with Gasteiger partial charge in [-0.1, -0.05) is 0 Å². The second-order valence-electron chi connectivity index (χ2n) is 3.80. The van der Waals surface area contributed by atoms with Crippen molar-refractivity contribution in [3.63, 3.8) is 0 Å². The number of halogens is 1. The molecule has 0 bridgehead atoms. The molecule has 1 N–H and O–H groups in total. The molecule has 0 aromatic heterocycles. The Morgan fingerprint density at radius 2 is 1.84 bits per heavy atom. The predicted octanol–water partition coefficient (Wildman–Crippen LogP) is 1.44. The zero-order chi connectivity index (χ0) is 14.0. The molecule has 19 heavy (non-hydrogen) atoms. The molecule has 7 heteroatoms. The monoisotopic (exact) mass is 318 g/mol. The number of nitriles is 2. The largest absolute Gasteiger partial charge is 0.344 e. The number of carbonyl (C=O) groups is 2. The third-order valence-corrected chi connectivity index (χ3v) is 3.29. The van der Waals surface area contributed by atoms with E-state index in [1.165, 1.54) is 6.07 Å². The number of nitrogens with zero attached hydrogens (tertiary/aromatic N) is 3. The number of hydrogen-bond donors (Lipinski definition) is 1. The fourth-order valence-electron chi connectivity index (χ4n) is 1.79. The van der Waals surface area contributed by atoms with Gasteiger partial charge in [-0.25, -0.2) is 0 Å². The highest BCUT2D eigenvalue weighted by molar-refractivity contribution is 9.10. The maximum absolute atomic E-state index is 11.5. The highest BCUT2D eigenvalue weighted by Crippen LogP contribution is 2.35. The third kappa shape index (κ3) is 2.28. The summed E-state index contributed by atoms with van der Waals surface area (Å²) in [6.07, 6.45) is 0. The highest BCUT2D eigenvalue weighted by atomic mass is 79.9. The summed E-state index contributed by atoms with van der Waals surface area (Å²) in [7, 11) is 0. The molecule has 1 aromatic rings. The van der Waals surface area contributed by atoms with Crippen LogP contribution in [-0.4, -0.2) is 24.8 Å². The number of Topliss-reactive ketones (excluding diaryl/α,β-unsaturated/α-hetero) is 1. The molecule has 6 nitrogen and oxygen atoms in total. The van der Waals surface area contributed by atoms with E-state index in [1.807, 2.05) is 12.1 Å². The van der Waals surface area contributed by atoms with Crippen LogP contribution < -0.4 is 10.2 Å². The number of nitrogens with one attached hydrogen (secondary N) is 1. The molecule has 1 heterocycles. The number of benzene rings is 1. The van der Waals surface area contributed by atoms with E-state index in [2.05, 4.69) is 21.2 Å². The summed E-state index contributed by atoms with van der Waals surface area (Å²) in [5.41, 5.74) is 1.26. The normalized spacial score (nSPS) is 12.4. The second-order valence-corrected chi connectivity index (χ2v) is 4.66. The van der Waals surface area contributed by atoms with E-state index in [-0.39, 0.29) is 18.7 Å². The van der Waals surface area contributed by atoms with E-state index >= 15 is 0 Å². The molecule has 1 aliphatic heterocycles. The minimum absolute atomic E-state index is 0.0346. The summed E-state index contributed by atoms with van der Waals surface area (Å²) in [6, 6.07) is 7.03. The minimum Gasteiger partial charge on any atom is -0.344 e. The fourth-order valence-corrected chi connectivity index (χ4v) is 2.39. The Labute approximate surface area is 117 Å². The Hall–Kier alpha value is -2.38. The van der Waals surface area contributed by atoms with Crippen molar-refractivity contribution in [2.45, 2.75) is 0 Å². The first-order valence-corrected chi connectivity index (χ1v) is 6.06. The number of hydrogen-bond acceptors (Lipinski definition) is 5. The lowest BCUT2D eigenvalue weighted by Crippen LogP contribution is -2.24. The van der Waals surface area contributed by atoms with E-state index in [4.69, 9.17) is 10.5 Å². The van der Waals surface area contributed by atoms with Crippen LogP contribution in [0.25, 0.3) is 0 Å². The first-order chi connectivity index (χ1) is 9.08. The molecule has 0 fully saturated rings. The van der Waals surface area contributed by atoms with Crippen LogP contribution in [0.2, 0.25) is 0 Å². The first kappa shape index (κ1) is 13.1. The molecule has 1 aromatic carbocycles. The van der Waals surface area contributed by atoms with Crippen LogP contribution in [0.3, 0.4) is 0 Å². The molecule has 0 saturated carbocycles. The zero-order valence-electron chi connectivity index (χ0n) is 9.61. The van der Waals surface area contributed by atoms with Crippen molar-refractivity contribution in [1.29, 1.82) is 10.5 Å². The Bertz CT molecular complexity index is 641. The Morgan fingerprint density at radius 1 is 1.21 bits per heavy atom. The zero-order valence-corrected chi connectivity index (χ0v) is 11.2. The van der Waals surface area contributed by atoms with Crippen LogP contribution in [-0.2, 0) is 4.79 Å². The van der Waals surface area contributed by atoms with Gasteiger partial charge in [-0.3, -0.25) is 9.59 Å². The molecular formula is C12H7BrN4O2. The van der Waals surface area contributed by atoms with Gasteiger partial charge in [-0.05, 0) is 28.1 Å². The van der Waals surface area contributed by atoms with Crippen molar-refractivity contribution in [2.75, 3.05) is 23.3 Å². The summed E-state index contributed by atoms with van der Waals surface area (Å²) in [5.74, 6) is -1.26. The van der Waals surface area contributed by atoms with Gasteiger partial charge in [0.25, 0.3) is 11.7 Å². The summed E-state index contributed by atoms with van der Waals surface area (Å²) < 4.78 is 0.557. The van der Waals surface area contributed by atoms with Crippen LogP contribution in [0, 0.1) is 22.7 Å². The van der Waals surface area contributed by atoms with Crippen molar-refractivity contribution >= 4 is 39.0 Å². The Kier molecular flexibility index (Phi) is 3.50. The number of ketones is 1. The van der Waals surface area contributed by atoms with Crippen LogP contribution >= 0.6 is 15.9 Å². The lowest BCUT2D eigenvalue weighted by Gasteiger charge is -2.20. The Morgan fingerprint density at radius 3 is 2.42 bits per heavy atom. The van der Waals surface area contributed by atoms with Crippen molar-refractivity contribution in [3.05, 3.63) is 22.2 Å². The maximum Gasteiger partial charge on any atom is 0.296 e. The molecule has 0 spiro atoms. The standard InChI is InChI=1S/C12H7BrN4O2/c13-8-5-7-9(16-12(19)11(7)18)6-10(8)17(3-1-14)4-2-15/h5-6H,3-4H2,(H,16,18,19). The Balaban J connectivity index is 2.47. The average Bonchev–Trinajstić information content (AvgIpc) is 2.64. The number of amides is 1. The van der Waals surface area contributed by atoms with Crippen molar-refractivity contribution in [2.24, 2.45) is 0 Å². The summed E-state index contributed by atoms with van der Waals surface area (Å²) in [5, 5.41) is 20.0. The number of fused-ring (bicyclic) bond motifs is 1. The van der Waals surface area contributed by atoms with Gasteiger partial charge in [0.15, 0.2) is 0 Å². The van der Waals surface area contributed by atoms with Crippen molar-refractivity contribution < 1.29 is 9.59 Å². The van der Waals surface area contributed by atoms with Crippen molar-refractivity contribution in [1.82, 2.24) is 0 Å². The van der Waals surface area contributed by atoms with Gasteiger partial charge >= 0.3 is 0 Å². The van der Waals surface area contributed by atoms with Crippen LogP contribution in [0.1, 0.15) is 10.4 Å². The average molecular weight is 319 g/mol. The minimum atomic E-state index is -0.675. The molecule has 0 unspecified atom stereocenters. The van der Waals surface area contributed by atoms with Gasteiger partial charge < -0.3 is 10.2 Å². The smallest absolute Gasteiger partial charge is 0.296 e. The molecule has 0 saturated heterocycles. The van der Waals surface area contributed by atoms with Crippen LogP contribution in [0.4, 0.5) is 11.4 Å². The van der Waals surface area contributed by atoms with Gasteiger partial charge in [0, 0.05) is 4.47 Å². The van der Waals surface area contributed by atoms with E-state index in [0.29, 0.717) is 15.8 Å². The SMILES string of the molecule is N#CCN(CC#N)c1cc2c(cc1Br)C(=O)C(=O)N2. The van der Waals surface area contributed by atoms with Gasteiger partial charge in [0.05, 0.1) is 29.1 Å². The second kappa shape index (κ2) is 5.09. The predicted molar refractivity (Wildman–Crippen MR) is 70.5 cm³/mol. The summed E-state index contributed by atoms with van der Waals surface area (Å²) in [6.45, 7) is 0.0691. The third-order valence-electron chi connectivity index (χ3n) is 2.65. The number of anilines is 2. The van der Waals surface area contributed by atoms with E-state index in [9.17, 15) is 9.59 Å². The molecule has 1 aliphatic rings. The van der Waals surface area contributed by atoms with E-state index in [1.54, 1.807) is 11.0 Å². The maximum atomic E-state index is 11.5.